The predicted octanol–water partition coefficient (Wildman–Crippen LogP) is 2.89. The zero-order valence-corrected chi connectivity index (χ0v) is 13.3. The fraction of sp³-hybridized carbons (Fsp3) is 0.333. The van der Waals surface area contributed by atoms with Crippen LogP contribution in [0.25, 0.3) is 22.3 Å². The number of benzene rings is 1. The molecule has 118 valence electrons. The normalized spacial score (nSPS) is 21.1. The summed E-state index contributed by atoms with van der Waals surface area (Å²) in [6.07, 6.45) is 1.11. The van der Waals surface area contributed by atoms with E-state index in [4.69, 9.17) is 0 Å². The Morgan fingerprint density at radius 1 is 1.22 bits per heavy atom. The molecule has 5 nitrogen and oxygen atoms in total. The van der Waals surface area contributed by atoms with Gasteiger partial charge in [-0.3, -0.25) is 0 Å². The number of nitrogens with one attached hydrogen (secondary N) is 2. The van der Waals surface area contributed by atoms with E-state index in [0.29, 0.717) is 11.3 Å². The van der Waals surface area contributed by atoms with Crippen LogP contribution in [0.15, 0.2) is 30.3 Å². The van der Waals surface area contributed by atoms with Gasteiger partial charge in [-0.15, -0.1) is 10.2 Å². The van der Waals surface area contributed by atoms with Gasteiger partial charge >= 0.3 is 0 Å². The first-order chi connectivity index (χ1) is 11.1. The van der Waals surface area contributed by atoms with Crippen molar-refractivity contribution in [3.63, 3.8) is 0 Å². The average Bonchev–Trinajstić information content (AvgIpc) is 3.13. The van der Waals surface area contributed by atoms with E-state index in [1.54, 1.807) is 12.1 Å². The summed E-state index contributed by atoms with van der Waals surface area (Å²) in [6, 6.07) is 9.23. The zero-order valence-electron chi connectivity index (χ0n) is 13.3. The van der Waals surface area contributed by atoms with Crippen molar-refractivity contribution in [2.75, 3.05) is 13.1 Å². The van der Waals surface area contributed by atoms with E-state index in [0.717, 1.165) is 30.5 Å². The molecule has 1 aliphatic heterocycles. The van der Waals surface area contributed by atoms with E-state index in [1.807, 2.05) is 18.2 Å². The van der Waals surface area contributed by atoms with Crippen molar-refractivity contribution < 1.29 is 5.11 Å². The maximum atomic E-state index is 10.0. The van der Waals surface area contributed by atoms with E-state index in [2.05, 4.69) is 34.3 Å². The number of H-pyrrole nitrogens is 1. The Labute approximate surface area is 134 Å². The van der Waals surface area contributed by atoms with Crippen LogP contribution in [0.5, 0.6) is 5.75 Å². The van der Waals surface area contributed by atoms with E-state index >= 15 is 0 Å². The number of fused-ring (bicyclic) bond motifs is 1. The van der Waals surface area contributed by atoms with Crippen molar-refractivity contribution in [2.45, 2.75) is 25.7 Å². The molecule has 3 heterocycles. The van der Waals surface area contributed by atoms with Gasteiger partial charge in [0.25, 0.3) is 0 Å². The van der Waals surface area contributed by atoms with Crippen molar-refractivity contribution in [1.29, 1.82) is 0 Å². The van der Waals surface area contributed by atoms with Gasteiger partial charge in [0.15, 0.2) is 5.65 Å². The SMILES string of the molecule is Cc1c(C2(C)CCNC2)[nH]c2nnc(-c3ccccc3O)cc12. The summed E-state index contributed by atoms with van der Waals surface area (Å²) in [5.41, 5.74) is 4.78. The fourth-order valence-corrected chi connectivity index (χ4v) is 3.57. The lowest BCUT2D eigenvalue weighted by Crippen LogP contribution is -2.26. The van der Waals surface area contributed by atoms with Crippen LogP contribution in [0.2, 0.25) is 0 Å². The van der Waals surface area contributed by atoms with Crippen LogP contribution in [-0.4, -0.2) is 33.4 Å². The van der Waals surface area contributed by atoms with E-state index in [9.17, 15) is 5.11 Å². The van der Waals surface area contributed by atoms with E-state index in [-0.39, 0.29) is 11.2 Å². The van der Waals surface area contributed by atoms with Crippen LogP contribution in [0, 0.1) is 6.92 Å². The molecule has 0 saturated carbocycles. The summed E-state index contributed by atoms with van der Waals surface area (Å²) in [5.74, 6) is 0.224. The number of nitrogens with zero attached hydrogens (tertiary/aromatic N) is 2. The Hall–Kier alpha value is -2.40. The fourth-order valence-electron chi connectivity index (χ4n) is 3.57. The summed E-state index contributed by atoms with van der Waals surface area (Å²) >= 11 is 0. The first-order valence-corrected chi connectivity index (χ1v) is 7.94. The van der Waals surface area contributed by atoms with Crippen molar-refractivity contribution in [1.82, 2.24) is 20.5 Å². The molecular weight excluding hydrogens is 288 g/mol. The smallest absolute Gasteiger partial charge is 0.160 e. The van der Waals surface area contributed by atoms with Crippen LogP contribution < -0.4 is 5.32 Å². The first kappa shape index (κ1) is 14.2. The maximum absolute atomic E-state index is 10.0. The molecule has 0 amide bonds. The number of aromatic amines is 1. The molecule has 1 fully saturated rings. The zero-order chi connectivity index (χ0) is 16.0. The van der Waals surface area contributed by atoms with Crippen molar-refractivity contribution in [3.05, 3.63) is 41.6 Å². The van der Waals surface area contributed by atoms with Crippen molar-refractivity contribution in [3.8, 4) is 17.0 Å². The highest BCUT2D eigenvalue weighted by molar-refractivity contribution is 5.85. The van der Waals surface area contributed by atoms with E-state index in [1.165, 1.54) is 11.3 Å². The molecule has 0 bridgehead atoms. The van der Waals surface area contributed by atoms with Gasteiger partial charge in [-0.1, -0.05) is 19.1 Å². The topological polar surface area (TPSA) is 73.8 Å². The standard InChI is InChI=1S/C18H20N4O/c1-11-13-9-14(12-5-3-4-6-15(12)23)21-22-17(13)20-16(11)18(2)7-8-19-10-18/h3-6,9,19,23H,7-8,10H2,1-2H3,(H,20,22). The molecule has 1 unspecified atom stereocenters. The Morgan fingerprint density at radius 2 is 2.04 bits per heavy atom. The monoisotopic (exact) mass is 308 g/mol. The van der Waals surface area contributed by atoms with Crippen LogP contribution in [-0.2, 0) is 5.41 Å². The third-order valence-corrected chi connectivity index (χ3v) is 4.97. The Balaban J connectivity index is 1.87. The minimum atomic E-state index is 0.111. The number of hydrogen-bond acceptors (Lipinski definition) is 4. The summed E-state index contributed by atoms with van der Waals surface area (Å²) < 4.78 is 0. The van der Waals surface area contributed by atoms with Crippen LogP contribution >= 0.6 is 0 Å². The van der Waals surface area contributed by atoms with Gasteiger partial charge in [0.1, 0.15) is 5.75 Å². The molecule has 4 rings (SSSR count). The molecule has 0 spiro atoms. The van der Waals surface area contributed by atoms with Crippen molar-refractivity contribution >= 4 is 11.0 Å². The van der Waals surface area contributed by atoms with Gasteiger partial charge in [-0.2, -0.15) is 0 Å². The molecular formula is C18H20N4O. The summed E-state index contributed by atoms with van der Waals surface area (Å²) in [4.78, 5) is 3.46. The third kappa shape index (κ3) is 2.19. The Morgan fingerprint density at radius 3 is 2.78 bits per heavy atom. The number of hydrogen-bond donors (Lipinski definition) is 3. The number of aromatic hydroxyl groups is 1. The molecule has 2 aromatic heterocycles. The lowest BCUT2D eigenvalue weighted by molar-refractivity contribution is 0.477. The number of phenols is 1. The Bertz CT molecular complexity index is 878. The Kier molecular flexibility index (Phi) is 3.13. The molecule has 1 aliphatic rings. The van der Waals surface area contributed by atoms with Gasteiger partial charge in [0.2, 0.25) is 0 Å². The second-order valence-electron chi connectivity index (χ2n) is 6.62. The molecule has 0 aliphatic carbocycles. The van der Waals surface area contributed by atoms with Gasteiger partial charge in [-0.05, 0) is 43.7 Å². The third-order valence-electron chi connectivity index (χ3n) is 4.97. The van der Waals surface area contributed by atoms with Gasteiger partial charge in [0, 0.05) is 28.6 Å². The van der Waals surface area contributed by atoms with Crippen LogP contribution in [0.4, 0.5) is 0 Å². The second kappa shape index (κ2) is 5.06. The quantitative estimate of drug-likeness (QED) is 0.680. The molecule has 23 heavy (non-hydrogen) atoms. The second-order valence-corrected chi connectivity index (χ2v) is 6.62. The number of rotatable bonds is 2. The number of aromatic nitrogens is 3. The summed E-state index contributed by atoms with van der Waals surface area (Å²) in [7, 11) is 0. The maximum Gasteiger partial charge on any atom is 0.160 e. The van der Waals surface area contributed by atoms with Gasteiger partial charge < -0.3 is 15.4 Å². The van der Waals surface area contributed by atoms with Crippen LogP contribution in [0.1, 0.15) is 24.6 Å². The highest BCUT2D eigenvalue weighted by Crippen LogP contribution is 2.36. The molecule has 3 aromatic rings. The molecule has 1 saturated heterocycles. The van der Waals surface area contributed by atoms with E-state index < -0.39 is 0 Å². The minimum Gasteiger partial charge on any atom is -0.507 e. The molecule has 3 N–H and O–H groups in total. The average molecular weight is 308 g/mol. The highest BCUT2D eigenvalue weighted by Gasteiger charge is 2.34. The van der Waals surface area contributed by atoms with Crippen molar-refractivity contribution in [2.24, 2.45) is 0 Å². The number of phenolic OH excluding ortho intramolecular Hbond substituents is 1. The molecule has 5 heteroatoms. The summed E-state index contributed by atoms with van der Waals surface area (Å²) in [5, 5.41) is 23.2. The molecule has 1 atom stereocenters. The number of para-hydroxylation sites is 1. The summed E-state index contributed by atoms with van der Waals surface area (Å²) in [6.45, 7) is 6.43. The lowest BCUT2D eigenvalue weighted by atomic mass is 9.84. The van der Waals surface area contributed by atoms with Gasteiger partial charge in [0.05, 0.1) is 5.69 Å². The highest BCUT2D eigenvalue weighted by atomic mass is 16.3. The molecule has 0 radical (unpaired) electrons. The van der Waals surface area contributed by atoms with Gasteiger partial charge in [-0.25, -0.2) is 0 Å². The largest absolute Gasteiger partial charge is 0.507 e. The minimum absolute atomic E-state index is 0.111. The molecule has 1 aromatic carbocycles. The lowest BCUT2D eigenvalue weighted by Gasteiger charge is -2.22. The number of aryl methyl sites for hydroxylation is 1. The van der Waals surface area contributed by atoms with Crippen LogP contribution in [0.3, 0.4) is 0 Å². The predicted molar refractivity (Wildman–Crippen MR) is 90.6 cm³/mol. The first-order valence-electron chi connectivity index (χ1n) is 7.94.